The number of fused-ring (bicyclic) bond motifs is 1. The molecule has 15 heavy (non-hydrogen) atoms. The summed E-state index contributed by atoms with van der Waals surface area (Å²) < 4.78 is 0. The van der Waals surface area contributed by atoms with Gasteiger partial charge in [0.05, 0.1) is 6.54 Å². The summed E-state index contributed by atoms with van der Waals surface area (Å²) in [5, 5.41) is 0. The maximum absolute atomic E-state index is 11.8. The molecule has 1 aromatic carbocycles. The zero-order chi connectivity index (χ0) is 11.0. The van der Waals surface area contributed by atoms with Gasteiger partial charge in [0.25, 0.3) is 11.8 Å². The molecule has 76 valence electrons. The lowest BCUT2D eigenvalue weighted by molar-refractivity contribution is -0.123. The van der Waals surface area contributed by atoms with Crippen LogP contribution in [0.1, 0.15) is 21.5 Å². The van der Waals surface area contributed by atoms with Crippen LogP contribution in [0.5, 0.6) is 0 Å². The molecule has 2 rings (SSSR count). The fraction of sp³-hybridized carbons (Fsp3) is 0.167. The van der Waals surface area contributed by atoms with E-state index in [1.807, 2.05) is 19.1 Å². The van der Waals surface area contributed by atoms with Gasteiger partial charge >= 0.3 is 0 Å². The molecule has 1 aromatic rings. The minimum Gasteiger partial charge on any atom is -0.270 e. The standard InChI is InChI=1S/C12H11NO2/c1-3-11(14)13-7-10-8(2)5-4-6-9(10)12(13)15/h3-6H,1,7H2,2H3. The lowest BCUT2D eigenvalue weighted by atomic mass is 10.1. The van der Waals surface area contributed by atoms with Crippen molar-refractivity contribution in [3.63, 3.8) is 0 Å². The van der Waals surface area contributed by atoms with Gasteiger partial charge in [-0.25, -0.2) is 0 Å². The number of carbonyl (C=O) groups excluding carboxylic acids is 2. The van der Waals surface area contributed by atoms with Gasteiger partial charge in [0.2, 0.25) is 0 Å². The zero-order valence-electron chi connectivity index (χ0n) is 8.49. The first kappa shape index (κ1) is 9.65. The summed E-state index contributed by atoms with van der Waals surface area (Å²) in [6, 6.07) is 5.52. The molecule has 0 atom stereocenters. The Hall–Kier alpha value is -1.90. The summed E-state index contributed by atoms with van der Waals surface area (Å²) in [7, 11) is 0. The largest absolute Gasteiger partial charge is 0.270 e. The highest BCUT2D eigenvalue weighted by Gasteiger charge is 2.31. The number of nitrogens with zero attached hydrogens (tertiary/aromatic N) is 1. The van der Waals surface area contributed by atoms with Crippen molar-refractivity contribution < 1.29 is 9.59 Å². The number of imide groups is 1. The van der Waals surface area contributed by atoms with Crippen molar-refractivity contribution in [1.29, 1.82) is 0 Å². The summed E-state index contributed by atoms with van der Waals surface area (Å²) in [4.78, 5) is 24.4. The van der Waals surface area contributed by atoms with Gasteiger partial charge in [-0.1, -0.05) is 18.7 Å². The van der Waals surface area contributed by atoms with Gasteiger partial charge in [-0.05, 0) is 30.2 Å². The van der Waals surface area contributed by atoms with E-state index in [-0.39, 0.29) is 11.8 Å². The third-order valence-electron chi connectivity index (χ3n) is 2.64. The second-order valence-corrected chi connectivity index (χ2v) is 3.53. The monoisotopic (exact) mass is 201 g/mol. The minimum atomic E-state index is -0.337. The number of hydrogen-bond acceptors (Lipinski definition) is 2. The second-order valence-electron chi connectivity index (χ2n) is 3.53. The van der Waals surface area contributed by atoms with Gasteiger partial charge in [-0.3, -0.25) is 14.5 Å². The molecule has 1 aliphatic heterocycles. The van der Waals surface area contributed by atoms with Gasteiger partial charge < -0.3 is 0 Å². The smallest absolute Gasteiger partial charge is 0.261 e. The van der Waals surface area contributed by atoms with Crippen LogP contribution in [-0.4, -0.2) is 16.7 Å². The van der Waals surface area contributed by atoms with E-state index in [1.54, 1.807) is 6.07 Å². The Kier molecular flexibility index (Phi) is 2.15. The fourth-order valence-corrected chi connectivity index (χ4v) is 1.78. The molecule has 0 fully saturated rings. The second kappa shape index (κ2) is 3.35. The van der Waals surface area contributed by atoms with E-state index in [2.05, 4.69) is 6.58 Å². The van der Waals surface area contributed by atoms with Crippen molar-refractivity contribution in [3.8, 4) is 0 Å². The first-order chi connectivity index (χ1) is 7.15. The van der Waals surface area contributed by atoms with E-state index in [0.717, 1.165) is 11.1 Å². The van der Waals surface area contributed by atoms with Crippen LogP contribution in [0.4, 0.5) is 0 Å². The van der Waals surface area contributed by atoms with Crippen LogP contribution in [0.15, 0.2) is 30.9 Å². The molecule has 0 radical (unpaired) electrons. The Labute approximate surface area is 88.0 Å². The zero-order valence-corrected chi connectivity index (χ0v) is 8.49. The quantitative estimate of drug-likeness (QED) is 0.648. The Balaban J connectivity index is 2.46. The first-order valence-corrected chi connectivity index (χ1v) is 4.72. The summed E-state index contributed by atoms with van der Waals surface area (Å²) in [5.41, 5.74) is 2.61. The highest BCUT2D eigenvalue weighted by molar-refractivity contribution is 6.10. The maximum atomic E-state index is 11.8. The van der Waals surface area contributed by atoms with Crippen molar-refractivity contribution in [1.82, 2.24) is 4.90 Å². The first-order valence-electron chi connectivity index (χ1n) is 4.72. The average Bonchev–Trinajstić information content (AvgIpc) is 2.57. The molecule has 0 bridgehead atoms. The molecule has 1 aliphatic rings. The summed E-state index contributed by atoms with van der Waals surface area (Å²) in [6.45, 7) is 5.69. The molecular formula is C12H11NO2. The fourth-order valence-electron chi connectivity index (χ4n) is 1.78. The number of carbonyl (C=O) groups is 2. The van der Waals surface area contributed by atoms with Crippen molar-refractivity contribution in [2.24, 2.45) is 0 Å². The molecule has 0 unspecified atom stereocenters. The number of aryl methyl sites for hydroxylation is 1. The number of benzene rings is 1. The highest BCUT2D eigenvalue weighted by atomic mass is 16.2. The number of hydrogen-bond donors (Lipinski definition) is 0. The van der Waals surface area contributed by atoms with Crippen molar-refractivity contribution in [2.75, 3.05) is 0 Å². The Morgan fingerprint density at radius 3 is 2.87 bits per heavy atom. The van der Waals surface area contributed by atoms with Crippen LogP contribution in [0.3, 0.4) is 0 Å². The molecule has 3 nitrogen and oxygen atoms in total. The van der Waals surface area contributed by atoms with Crippen LogP contribution in [0, 0.1) is 6.92 Å². The van der Waals surface area contributed by atoms with Crippen LogP contribution < -0.4 is 0 Å². The normalized spacial score (nSPS) is 13.9. The van der Waals surface area contributed by atoms with Gasteiger partial charge in [0.15, 0.2) is 0 Å². The number of rotatable bonds is 1. The SMILES string of the molecule is C=CC(=O)N1Cc2c(C)cccc2C1=O. The molecule has 0 aromatic heterocycles. The van der Waals surface area contributed by atoms with Crippen molar-refractivity contribution >= 4 is 11.8 Å². The van der Waals surface area contributed by atoms with Crippen molar-refractivity contribution in [3.05, 3.63) is 47.5 Å². The topological polar surface area (TPSA) is 37.4 Å². The molecular weight excluding hydrogens is 190 g/mol. The van der Waals surface area contributed by atoms with Gasteiger partial charge in [0, 0.05) is 5.56 Å². The maximum Gasteiger partial charge on any atom is 0.261 e. The molecule has 0 saturated carbocycles. The van der Waals surface area contributed by atoms with Gasteiger partial charge in [-0.15, -0.1) is 0 Å². The van der Waals surface area contributed by atoms with E-state index < -0.39 is 0 Å². The van der Waals surface area contributed by atoms with Crippen LogP contribution in [0.2, 0.25) is 0 Å². The molecule has 2 amide bonds. The highest BCUT2D eigenvalue weighted by Crippen LogP contribution is 2.25. The average molecular weight is 201 g/mol. The molecule has 0 N–H and O–H groups in total. The summed E-state index contributed by atoms with van der Waals surface area (Å²) in [6.07, 6.45) is 1.17. The van der Waals surface area contributed by atoms with Gasteiger partial charge in [0.1, 0.15) is 0 Å². The minimum absolute atomic E-state index is 0.224. The Bertz CT molecular complexity index is 463. The molecule has 0 saturated heterocycles. The molecule has 1 heterocycles. The lowest BCUT2D eigenvalue weighted by Crippen LogP contribution is -2.29. The summed E-state index contributed by atoms with van der Waals surface area (Å²) in [5.74, 6) is -0.561. The predicted octanol–water partition coefficient (Wildman–Crippen LogP) is 1.66. The van der Waals surface area contributed by atoms with Crippen molar-refractivity contribution in [2.45, 2.75) is 13.5 Å². The third-order valence-corrected chi connectivity index (χ3v) is 2.64. The van der Waals surface area contributed by atoms with Crippen LogP contribution in [0.25, 0.3) is 0 Å². The lowest BCUT2D eigenvalue weighted by Gasteiger charge is -2.09. The number of amides is 2. The van der Waals surface area contributed by atoms with Crippen LogP contribution in [-0.2, 0) is 11.3 Å². The van der Waals surface area contributed by atoms with E-state index >= 15 is 0 Å². The molecule has 3 heteroatoms. The van der Waals surface area contributed by atoms with Gasteiger partial charge in [-0.2, -0.15) is 0 Å². The van der Waals surface area contributed by atoms with Crippen LogP contribution >= 0.6 is 0 Å². The molecule has 0 aliphatic carbocycles. The molecule has 0 spiro atoms. The van der Waals surface area contributed by atoms with E-state index in [0.29, 0.717) is 12.1 Å². The third kappa shape index (κ3) is 1.36. The predicted molar refractivity (Wildman–Crippen MR) is 56.3 cm³/mol. The summed E-state index contributed by atoms with van der Waals surface area (Å²) >= 11 is 0. The Morgan fingerprint density at radius 2 is 2.27 bits per heavy atom. The van der Waals surface area contributed by atoms with E-state index in [1.165, 1.54) is 11.0 Å². The van der Waals surface area contributed by atoms with E-state index in [4.69, 9.17) is 0 Å². The Morgan fingerprint density at radius 1 is 1.53 bits per heavy atom. The van der Waals surface area contributed by atoms with E-state index in [9.17, 15) is 9.59 Å².